The number of rotatable bonds is 9. The Morgan fingerprint density at radius 3 is 2.43 bits per heavy atom. The van der Waals surface area contributed by atoms with Crippen LogP contribution in [0.3, 0.4) is 0 Å². The van der Waals surface area contributed by atoms with E-state index in [-0.39, 0.29) is 11.9 Å². The molecule has 0 aromatic carbocycles. The van der Waals surface area contributed by atoms with E-state index in [9.17, 15) is 4.79 Å². The van der Waals surface area contributed by atoms with E-state index in [4.69, 9.17) is 4.74 Å². The predicted octanol–water partition coefficient (Wildman–Crippen LogP) is 3.33. The molecule has 0 fully saturated rings. The molecule has 0 aromatic heterocycles. The summed E-state index contributed by atoms with van der Waals surface area (Å²) in [6.45, 7) is 1.62. The number of carbonyl (C=O) groups excluding carboxylic acids is 1. The molecule has 0 bridgehead atoms. The Kier molecular flexibility index (Phi) is 9.73. The lowest BCUT2D eigenvalue weighted by molar-refractivity contribution is -0.119. The summed E-state index contributed by atoms with van der Waals surface area (Å²) in [4.78, 5) is 10.9. The second-order valence-corrected chi connectivity index (χ2v) is 4.45. The summed E-state index contributed by atoms with van der Waals surface area (Å²) in [5.74, 6) is 0.220. The van der Waals surface area contributed by atoms with Crippen LogP contribution in [-0.4, -0.2) is 24.3 Å². The van der Waals surface area contributed by atoms with Gasteiger partial charge in [-0.3, -0.25) is 4.79 Å². The number of hydrogen-bond acceptors (Lipinski definition) is 2. The van der Waals surface area contributed by atoms with Gasteiger partial charge in [-0.05, 0) is 19.8 Å². The van der Waals surface area contributed by atoms with E-state index < -0.39 is 0 Å². The zero-order valence-corrected chi connectivity index (χ0v) is 10.8. The van der Waals surface area contributed by atoms with Gasteiger partial charge in [-0.15, -0.1) is 0 Å². The highest BCUT2D eigenvalue weighted by Crippen LogP contribution is 2.11. The maximum atomic E-state index is 10.9. The van der Waals surface area contributed by atoms with Crippen LogP contribution >= 0.6 is 15.9 Å². The number of halogens is 1. The first-order chi connectivity index (χ1) is 6.70. The molecule has 14 heavy (non-hydrogen) atoms. The number of ketones is 1. The molecule has 0 aromatic rings. The number of Topliss-reactive ketones (excluding diaryl/α,β-unsaturated/α-hetero) is 1. The lowest BCUT2D eigenvalue weighted by Crippen LogP contribution is -2.14. The highest BCUT2D eigenvalue weighted by molar-refractivity contribution is 9.09. The maximum absolute atomic E-state index is 10.9. The standard InChI is InChI=1S/C11H21BrO2/c1-10(13)9-11(14-2)7-5-3-4-6-8-12/h11H,3-9H2,1-2H3. The first-order valence-electron chi connectivity index (χ1n) is 5.29. The third kappa shape index (κ3) is 8.70. The van der Waals surface area contributed by atoms with Crippen molar-refractivity contribution < 1.29 is 9.53 Å². The fraction of sp³-hybridized carbons (Fsp3) is 0.909. The van der Waals surface area contributed by atoms with Gasteiger partial charge in [-0.2, -0.15) is 0 Å². The highest BCUT2D eigenvalue weighted by atomic mass is 79.9. The topological polar surface area (TPSA) is 26.3 Å². The molecule has 0 aliphatic rings. The first kappa shape index (κ1) is 14.1. The molecular weight excluding hydrogens is 244 g/mol. The molecule has 2 nitrogen and oxygen atoms in total. The molecule has 84 valence electrons. The van der Waals surface area contributed by atoms with Crippen LogP contribution in [0.5, 0.6) is 0 Å². The summed E-state index contributed by atoms with van der Waals surface area (Å²) in [6.07, 6.45) is 6.62. The van der Waals surface area contributed by atoms with Crippen LogP contribution in [-0.2, 0) is 9.53 Å². The van der Waals surface area contributed by atoms with Crippen molar-refractivity contribution in [2.75, 3.05) is 12.4 Å². The Balaban J connectivity index is 3.38. The summed E-state index contributed by atoms with van der Waals surface area (Å²) in [6, 6.07) is 0. The number of alkyl halides is 1. The second-order valence-electron chi connectivity index (χ2n) is 3.66. The van der Waals surface area contributed by atoms with Crippen LogP contribution in [0, 0.1) is 0 Å². The SMILES string of the molecule is COC(CCCCCCBr)CC(C)=O. The van der Waals surface area contributed by atoms with Gasteiger partial charge in [0.2, 0.25) is 0 Å². The van der Waals surface area contributed by atoms with Gasteiger partial charge < -0.3 is 4.74 Å². The van der Waals surface area contributed by atoms with Gasteiger partial charge >= 0.3 is 0 Å². The van der Waals surface area contributed by atoms with Crippen molar-refractivity contribution in [3.63, 3.8) is 0 Å². The van der Waals surface area contributed by atoms with Gasteiger partial charge in [-0.25, -0.2) is 0 Å². The van der Waals surface area contributed by atoms with E-state index in [0.29, 0.717) is 6.42 Å². The van der Waals surface area contributed by atoms with Crippen molar-refractivity contribution in [1.29, 1.82) is 0 Å². The average Bonchev–Trinajstić information content (AvgIpc) is 2.15. The average molecular weight is 265 g/mol. The molecule has 0 aliphatic heterocycles. The van der Waals surface area contributed by atoms with E-state index in [1.165, 1.54) is 25.7 Å². The quantitative estimate of drug-likeness (QED) is 0.472. The molecule has 1 unspecified atom stereocenters. The number of hydrogen-bond donors (Lipinski definition) is 0. The first-order valence-corrected chi connectivity index (χ1v) is 6.41. The van der Waals surface area contributed by atoms with E-state index in [2.05, 4.69) is 15.9 Å². The third-order valence-electron chi connectivity index (χ3n) is 2.26. The van der Waals surface area contributed by atoms with Crippen LogP contribution in [0.15, 0.2) is 0 Å². The van der Waals surface area contributed by atoms with Gasteiger partial charge in [0.15, 0.2) is 0 Å². The monoisotopic (exact) mass is 264 g/mol. The Bertz CT molecular complexity index is 148. The van der Waals surface area contributed by atoms with Gasteiger partial charge in [0, 0.05) is 18.9 Å². The van der Waals surface area contributed by atoms with Gasteiger partial charge in [0.05, 0.1) is 6.10 Å². The predicted molar refractivity (Wildman–Crippen MR) is 63.0 cm³/mol. The Labute approximate surface area is 95.5 Å². The number of carbonyl (C=O) groups is 1. The molecule has 0 aliphatic carbocycles. The molecule has 0 rings (SSSR count). The van der Waals surface area contributed by atoms with Crippen molar-refractivity contribution >= 4 is 21.7 Å². The fourth-order valence-electron chi connectivity index (χ4n) is 1.44. The Morgan fingerprint density at radius 2 is 1.93 bits per heavy atom. The lowest BCUT2D eigenvalue weighted by atomic mass is 10.1. The summed E-state index contributed by atoms with van der Waals surface area (Å²) in [7, 11) is 1.69. The van der Waals surface area contributed by atoms with Crippen molar-refractivity contribution in [2.24, 2.45) is 0 Å². The van der Waals surface area contributed by atoms with Crippen molar-refractivity contribution in [1.82, 2.24) is 0 Å². The summed E-state index contributed by atoms with van der Waals surface area (Å²) in [5, 5.41) is 1.09. The van der Waals surface area contributed by atoms with Gasteiger partial charge in [-0.1, -0.05) is 35.2 Å². The maximum Gasteiger partial charge on any atom is 0.132 e. The molecule has 1 atom stereocenters. The van der Waals surface area contributed by atoms with Crippen LogP contribution in [0.4, 0.5) is 0 Å². The smallest absolute Gasteiger partial charge is 0.132 e. The summed E-state index contributed by atoms with van der Waals surface area (Å²) >= 11 is 3.41. The van der Waals surface area contributed by atoms with Crippen molar-refractivity contribution in [3.05, 3.63) is 0 Å². The minimum atomic E-state index is 0.136. The van der Waals surface area contributed by atoms with E-state index in [1.807, 2.05) is 0 Å². The molecule has 0 amide bonds. The molecule has 0 heterocycles. The molecule has 0 N–H and O–H groups in total. The van der Waals surface area contributed by atoms with Crippen LogP contribution in [0.25, 0.3) is 0 Å². The number of methoxy groups -OCH3 is 1. The molecule has 0 radical (unpaired) electrons. The summed E-state index contributed by atoms with van der Waals surface area (Å²) < 4.78 is 5.24. The Hall–Kier alpha value is 0.110. The number of unbranched alkanes of at least 4 members (excludes halogenated alkanes) is 3. The molecule has 0 saturated carbocycles. The van der Waals surface area contributed by atoms with Gasteiger partial charge in [0.1, 0.15) is 5.78 Å². The molecular formula is C11H21BrO2. The minimum absolute atomic E-state index is 0.136. The largest absolute Gasteiger partial charge is 0.381 e. The molecule has 3 heteroatoms. The van der Waals surface area contributed by atoms with E-state index in [0.717, 1.165) is 11.8 Å². The van der Waals surface area contributed by atoms with Crippen LogP contribution in [0.1, 0.15) is 45.4 Å². The van der Waals surface area contributed by atoms with Crippen molar-refractivity contribution in [3.8, 4) is 0 Å². The third-order valence-corrected chi connectivity index (χ3v) is 2.82. The zero-order valence-electron chi connectivity index (χ0n) is 9.22. The fourth-order valence-corrected chi connectivity index (χ4v) is 1.84. The van der Waals surface area contributed by atoms with E-state index in [1.54, 1.807) is 14.0 Å². The highest BCUT2D eigenvalue weighted by Gasteiger charge is 2.09. The normalized spacial score (nSPS) is 12.8. The minimum Gasteiger partial charge on any atom is -0.381 e. The van der Waals surface area contributed by atoms with Crippen LogP contribution < -0.4 is 0 Å². The lowest BCUT2D eigenvalue weighted by Gasteiger charge is -2.12. The number of ether oxygens (including phenoxy) is 1. The van der Waals surface area contributed by atoms with Gasteiger partial charge in [0.25, 0.3) is 0 Å². The summed E-state index contributed by atoms with van der Waals surface area (Å²) in [5.41, 5.74) is 0. The Morgan fingerprint density at radius 1 is 1.29 bits per heavy atom. The second kappa shape index (κ2) is 9.66. The molecule has 0 spiro atoms. The van der Waals surface area contributed by atoms with Crippen LogP contribution in [0.2, 0.25) is 0 Å². The zero-order chi connectivity index (χ0) is 10.8. The van der Waals surface area contributed by atoms with Crippen molar-refractivity contribution in [2.45, 2.75) is 51.6 Å². The van der Waals surface area contributed by atoms with E-state index >= 15 is 0 Å². The molecule has 0 saturated heterocycles.